The predicted octanol–water partition coefficient (Wildman–Crippen LogP) is 1.96. The molecule has 2 aliphatic rings. The molecule has 2 fully saturated rings. The number of rotatable bonds is 3. The molecule has 1 saturated carbocycles. The average Bonchev–Trinajstić information content (AvgIpc) is 2.83. The lowest BCUT2D eigenvalue weighted by molar-refractivity contribution is -0.223. The van der Waals surface area contributed by atoms with Gasteiger partial charge >= 0.3 is 5.92 Å². The van der Waals surface area contributed by atoms with E-state index in [-0.39, 0.29) is 25.9 Å². The van der Waals surface area contributed by atoms with E-state index in [2.05, 4.69) is 4.98 Å². The molecule has 8 heteroatoms. The molecule has 0 unspecified atom stereocenters. The minimum atomic E-state index is -3.69. The van der Waals surface area contributed by atoms with E-state index in [0.717, 1.165) is 15.7 Å². The van der Waals surface area contributed by atoms with Gasteiger partial charge in [0.15, 0.2) is 5.13 Å². The van der Waals surface area contributed by atoms with E-state index in [1.165, 1.54) is 4.90 Å². The van der Waals surface area contributed by atoms with Crippen LogP contribution < -0.4 is 4.90 Å². The van der Waals surface area contributed by atoms with Gasteiger partial charge < -0.3 is 14.9 Å². The number of aryl methyl sites for hydroxylation is 2. The van der Waals surface area contributed by atoms with Crippen LogP contribution in [0.3, 0.4) is 0 Å². The van der Waals surface area contributed by atoms with Gasteiger partial charge in [0, 0.05) is 31.1 Å². The highest BCUT2D eigenvalue weighted by Crippen LogP contribution is 2.45. The molecule has 3 rings (SSSR count). The molecule has 1 aromatic heterocycles. The summed E-state index contributed by atoms with van der Waals surface area (Å²) < 4.78 is 28.5. The van der Waals surface area contributed by atoms with Crippen LogP contribution in [0.25, 0.3) is 0 Å². The number of carbonyl (C=O) groups is 1. The highest BCUT2D eigenvalue weighted by Gasteiger charge is 2.62. The molecule has 0 atom stereocenters. The van der Waals surface area contributed by atoms with Gasteiger partial charge in [-0.1, -0.05) is 0 Å². The zero-order valence-corrected chi connectivity index (χ0v) is 14.1. The van der Waals surface area contributed by atoms with E-state index in [0.29, 0.717) is 19.5 Å². The number of amides is 1. The Morgan fingerprint density at radius 2 is 1.87 bits per heavy atom. The molecule has 0 spiro atoms. The SMILES string of the molecule is Cc1nc(N2CCN(C(=O)C(F)(F)C3(O)CCC3)CC2)sc1C. The summed E-state index contributed by atoms with van der Waals surface area (Å²) in [5, 5.41) is 10.8. The maximum Gasteiger partial charge on any atom is 0.352 e. The fourth-order valence-corrected chi connectivity index (χ4v) is 3.88. The van der Waals surface area contributed by atoms with E-state index in [9.17, 15) is 18.7 Å². The largest absolute Gasteiger partial charge is 0.383 e. The van der Waals surface area contributed by atoms with Gasteiger partial charge in [-0.2, -0.15) is 8.78 Å². The molecule has 1 aliphatic heterocycles. The highest BCUT2D eigenvalue weighted by molar-refractivity contribution is 7.15. The van der Waals surface area contributed by atoms with E-state index < -0.39 is 17.4 Å². The molecular formula is C15H21F2N3O2S. The van der Waals surface area contributed by atoms with Crippen LogP contribution in [-0.4, -0.2) is 58.6 Å². The van der Waals surface area contributed by atoms with Crippen molar-refractivity contribution in [2.24, 2.45) is 0 Å². The molecule has 0 radical (unpaired) electrons. The van der Waals surface area contributed by atoms with Crippen molar-refractivity contribution in [3.8, 4) is 0 Å². The molecule has 1 aliphatic carbocycles. The van der Waals surface area contributed by atoms with E-state index in [1.807, 2.05) is 18.7 Å². The van der Waals surface area contributed by atoms with Gasteiger partial charge in [-0.25, -0.2) is 4.98 Å². The molecule has 0 aromatic carbocycles. The van der Waals surface area contributed by atoms with Crippen LogP contribution in [0.4, 0.5) is 13.9 Å². The summed E-state index contributed by atoms with van der Waals surface area (Å²) in [6, 6.07) is 0. The Balaban J connectivity index is 1.63. The fraction of sp³-hybridized carbons (Fsp3) is 0.733. The van der Waals surface area contributed by atoms with Gasteiger partial charge in [0.25, 0.3) is 5.91 Å². The minimum absolute atomic E-state index is 0.0105. The third kappa shape index (κ3) is 2.71. The number of thiazole rings is 1. The molecule has 1 saturated heterocycles. The monoisotopic (exact) mass is 345 g/mol. The molecule has 0 bridgehead atoms. The lowest BCUT2D eigenvalue weighted by Gasteiger charge is -2.44. The molecule has 128 valence electrons. The molecule has 23 heavy (non-hydrogen) atoms. The first-order chi connectivity index (χ1) is 10.7. The third-order valence-corrected chi connectivity index (χ3v) is 6.02. The molecule has 2 heterocycles. The second kappa shape index (κ2) is 5.66. The molecule has 5 nitrogen and oxygen atoms in total. The summed E-state index contributed by atoms with van der Waals surface area (Å²) in [6.45, 7) is 5.34. The van der Waals surface area contributed by atoms with Crippen molar-refractivity contribution in [3.63, 3.8) is 0 Å². The summed E-state index contributed by atoms with van der Waals surface area (Å²) >= 11 is 1.58. The molecule has 1 aromatic rings. The van der Waals surface area contributed by atoms with Crippen LogP contribution in [0.15, 0.2) is 0 Å². The average molecular weight is 345 g/mol. The number of carbonyl (C=O) groups excluding carboxylic acids is 1. The summed E-state index contributed by atoms with van der Waals surface area (Å²) in [4.78, 5) is 20.9. The van der Waals surface area contributed by atoms with Crippen molar-refractivity contribution in [1.82, 2.24) is 9.88 Å². The van der Waals surface area contributed by atoms with Crippen LogP contribution in [0.1, 0.15) is 29.8 Å². The van der Waals surface area contributed by atoms with Crippen molar-refractivity contribution in [2.75, 3.05) is 31.1 Å². The summed E-state index contributed by atoms with van der Waals surface area (Å²) in [5.74, 6) is -4.94. The van der Waals surface area contributed by atoms with E-state index >= 15 is 0 Å². The number of anilines is 1. The second-order valence-electron chi connectivity index (χ2n) is 6.38. The zero-order chi connectivity index (χ0) is 16.8. The summed E-state index contributed by atoms with van der Waals surface area (Å²) in [5.41, 5.74) is -1.17. The topological polar surface area (TPSA) is 56.7 Å². The predicted molar refractivity (Wildman–Crippen MR) is 84.1 cm³/mol. The Hall–Kier alpha value is -1.28. The third-order valence-electron chi connectivity index (χ3n) is 4.89. The number of hydrogen-bond acceptors (Lipinski definition) is 5. The Morgan fingerprint density at radius 1 is 1.26 bits per heavy atom. The van der Waals surface area contributed by atoms with Gasteiger partial charge in [-0.05, 0) is 33.1 Å². The van der Waals surface area contributed by atoms with Crippen LogP contribution in [-0.2, 0) is 4.79 Å². The first-order valence-electron chi connectivity index (χ1n) is 7.83. The van der Waals surface area contributed by atoms with Crippen molar-refractivity contribution >= 4 is 22.4 Å². The number of piperazine rings is 1. The van der Waals surface area contributed by atoms with E-state index in [4.69, 9.17) is 0 Å². The number of aliphatic hydroxyl groups is 1. The van der Waals surface area contributed by atoms with Crippen LogP contribution in [0.2, 0.25) is 0 Å². The van der Waals surface area contributed by atoms with Crippen LogP contribution in [0.5, 0.6) is 0 Å². The van der Waals surface area contributed by atoms with Gasteiger partial charge in [0.1, 0.15) is 5.60 Å². The quantitative estimate of drug-likeness (QED) is 0.910. The minimum Gasteiger partial charge on any atom is -0.383 e. The maximum atomic E-state index is 14.2. The van der Waals surface area contributed by atoms with Gasteiger partial charge in [0.05, 0.1) is 5.69 Å². The van der Waals surface area contributed by atoms with Crippen LogP contribution in [0, 0.1) is 13.8 Å². The number of hydrogen-bond donors (Lipinski definition) is 1. The summed E-state index contributed by atoms with van der Waals surface area (Å²) in [7, 11) is 0. The standard InChI is InChI=1S/C15H21F2N3O2S/c1-10-11(2)23-13(18-10)20-8-6-19(7-9-20)12(21)15(16,17)14(22)4-3-5-14/h22H,3-9H2,1-2H3. The van der Waals surface area contributed by atoms with Gasteiger partial charge in [-0.3, -0.25) is 4.79 Å². The Kier molecular flexibility index (Phi) is 4.08. The number of halogens is 2. The number of aromatic nitrogens is 1. The lowest BCUT2D eigenvalue weighted by Crippen LogP contribution is -2.63. The lowest BCUT2D eigenvalue weighted by atomic mass is 9.75. The smallest absolute Gasteiger partial charge is 0.352 e. The van der Waals surface area contributed by atoms with Crippen molar-refractivity contribution in [2.45, 2.75) is 44.6 Å². The van der Waals surface area contributed by atoms with Crippen molar-refractivity contribution in [3.05, 3.63) is 10.6 Å². The Labute approximate surface area is 137 Å². The van der Waals surface area contributed by atoms with Crippen molar-refractivity contribution < 1.29 is 18.7 Å². The van der Waals surface area contributed by atoms with Gasteiger partial charge in [-0.15, -0.1) is 11.3 Å². The Morgan fingerprint density at radius 3 is 2.30 bits per heavy atom. The zero-order valence-electron chi connectivity index (χ0n) is 13.3. The maximum absolute atomic E-state index is 14.2. The first kappa shape index (κ1) is 16.6. The number of alkyl halides is 2. The molecular weight excluding hydrogens is 324 g/mol. The summed E-state index contributed by atoms with van der Waals surface area (Å²) in [6.07, 6.45) is 0.517. The molecule has 1 amide bonds. The fourth-order valence-electron chi connectivity index (χ4n) is 2.92. The van der Waals surface area contributed by atoms with Gasteiger partial charge in [0.2, 0.25) is 0 Å². The number of nitrogens with zero attached hydrogens (tertiary/aromatic N) is 3. The molecule has 1 N–H and O–H groups in total. The first-order valence-corrected chi connectivity index (χ1v) is 8.65. The van der Waals surface area contributed by atoms with Crippen molar-refractivity contribution in [1.29, 1.82) is 0 Å². The Bertz CT molecular complexity index is 588. The van der Waals surface area contributed by atoms with E-state index in [1.54, 1.807) is 11.3 Å². The highest BCUT2D eigenvalue weighted by atomic mass is 32.1. The normalized spacial score (nSPS) is 21.3. The van der Waals surface area contributed by atoms with Crippen LogP contribution >= 0.6 is 11.3 Å². The second-order valence-corrected chi connectivity index (χ2v) is 7.56.